The van der Waals surface area contributed by atoms with E-state index in [0.29, 0.717) is 5.92 Å². The molecule has 0 aliphatic carbocycles. The molecule has 0 saturated carbocycles. The van der Waals surface area contributed by atoms with Gasteiger partial charge in [-0.05, 0) is 30.5 Å². The second kappa shape index (κ2) is 6.57. The van der Waals surface area contributed by atoms with Crippen LogP contribution < -0.4 is 10.6 Å². The van der Waals surface area contributed by atoms with Gasteiger partial charge >= 0.3 is 0 Å². The van der Waals surface area contributed by atoms with Gasteiger partial charge in [0.2, 0.25) is 0 Å². The first-order valence-corrected chi connectivity index (χ1v) is 7.47. The molecule has 1 aromatic heterocycles. The number of hydrogen-bond donors (Lipinski definition) is 2. The lowest BCUT2D eigenvalue weighted by molar-refractivity contribution is 0.867. The van der Waals surface area contributed by atoms with E-state index in [-0.39, 0.29) is 0 Å². The normalized spacial score (nSPS) is 10.8. The van der Waals surface area contributed by atoms with Crippen LogP contribution in [0.1, 0.15) is 43.6 Å². The first-order valence-electron chi connectivity index (χ1n) is 7.47. The van der Waals surface area contributed by atoms with E-state index in [4.69, 9.17) is 0 Å². The molecule has 112 valence electrons. The Hall–Kier alpha value is -2.10. The molecule has 2 N–H and O–H groups in total. The van der Waals surface area contributed by atoms with Crippen LogP contribution in [0.4, 0.5) is 17.3 Å². The molecule has 0 aliphatic heterocycles. The number of hydrogen-bond acceptors (Lipinski definition) is 4. The van der Waals surface area contributed by atoms with Crippen molar-refractivity contribution in [1.82, 2.24) is 9.97 Å². The smallest absolute Gasteiger partial charge is 0.139 e. The Morgan fingerprint density at radius 3 is 2.48 bits per heavy atom. The van der Waals surface area contributed by atoms with Crippen molar-refractivity contribution < 1.29 is 0 Å². The molecular weight excluding hydrogens is 260 g/mol. The van der Waals surface area contributed by atoms with E-state index in [1.807, 2.05) is 14.0 Å². The SMILES string of the molecule is CCc1nc(NC)c(C)c(Nc2cccc(C(C)C)c2)n1. The third kappa shape index (κ3) is 3.51. The second-order valence-electron chi connectivity index (χ2n) is 5.47. The maximum Gasteiger partial charge on any atom is 0.139 e. The molecule has 0 amide bonds. The van der Waals surface area contributed by atoms with Crippen LogP contribution in [-0.4, -0.2) is 17.0 Å². The van der Waals surface area contributed by atoms with Gasteiger partial charge in [0.15, 0.2) is 0 Å². The number of nitrogens with one attached hydrogen (secondary N) is 2. The Bertz CT molecular complexity index is 620. The topological polar surface area (TPSA) is 49.8 Å². The molecule has 0 fully saturated rings. The van der Waals surface area contributed by atoms with Crippen LogP contribution >= 0.6 is 0 Å². The highest BCUT2D eigenvalue weighted by Crippen LogP contribution is 2.25. The molecule has 4 nitrogen and oxygen atoms in total. The van der Waals surface area contributed by atoms with Crippen molar-refractivity contribution in [2.45, 2.75) is 40.0 Å². The van der Waals surface area contributed by atoms with Gasteiger partial charge in [-0.25, -0.2) is 9.97 Å². The summed E-state index contributed by atoms with van der Waals surface area (Å²) < 4.78 is 0. The van der Waals surface area contributed by atoms with Gasteiger partial charge in [-0.15, -0.1) is 0 Å². The van der Waals surface area contributed by atoms with Gasteiger partial charge in [-0.1, -0.05) is 32.9 Å². The highest BCUT2D eigenvalue weighted by molar-refractivity contribution is 5.65. The lowest BCUT2D eigenvalue weighted by Gasteiger charge is -2.14. The summed E-state index contributed by atoms with van der Waals surface area (Å²) in [6.07, 6.45) is 0.815. The van der Waals surface area contributed by atoms with Crippen LogP contribution in [0.5, 0.6) is 0 Å². The Morgan fingerprint density at radius 2 is 1.86 bits per heavy atom. The summed E-state index contributed by atoms with van der Waals surface area (Å²) in [7, 11) is 1.89. The summed E-state index contributed by atoms with van der Waals surface area (Å²) in [5.74, 6) is 3.10. The summed E-state index contributed by atoms with van der Waals surface area (Å²) in [4.78, 5) is 9.10. The summed E-state index contributed by atoms with van der Waals surface area (Å²) in [6, 6.07) is 8.47. The van der Waals surface area contributed by atoms with Gasteiger partial charge in [0.05, 0.1) is 0 Å². The van der Waals surface area contributed by atoms with Crippen LogP contribution in [0.3, 0.4) is 0 Å². The molecule has 0 radical (unpaired) electrons. The lowest BCUT2D eigenvalue weighted by atomic mass is 10.0. The summed E-state index contributed by atoms with van der Waals surface area (Å²) in [6.45, 7) is 8.49. The summed E-state index contributed by atoms with van der Waals surface area (Å²) >= 11 is 0. The number of benzene rings is 1. The molecule has 0 bridgehead atoms. The first kappa shape index (κ1) is 15.3. The molecule has 4 heteroatoms. The Balaban J connectivity index is 2.36. The largest absolute Gasteiger partial charge is 0.373 e. The van der Waals surface area contributed by atoms with E-state index < -0.39 is 0 Å². The van der Waals surface area contributed by atoms with Crippen molar-refractivity contribution in [2.24, 2.45) is 0 Å². The lowest BCUT2D eigenvalue weighted by Crippen LogP contribution is -2.07. The van der Waals surface area contributed by atoms with E-state index in [1.165, 1.54) is 5.56 Å². The van der Waals surface area contributed by atoms with Crippen LogP contribution in [0.15, 0.2) is 24.3 Å². The predicted molar refractivity (Wildman–Crippen MR) is 89.5 cm³/mol. The summed E-state index contributed by atoms with van der Waals surface area (Å²) in [5, 5.41) is 6.56. The van der Waals surface area contributed by atoms with Gasteiger partial charge in [-0.2, -0.15) is 0 Å². The first-order chi connectivity index (χ1) is 10.0. The van der Waals surface area contributed by atoms with Gasteiger partial charge in [-0.3, -0.25) is 0 Å². The van der Waals surface area contributed by atoms with Gasteiger partial charge < -0.3 is 10.6 Å². The quantitative estimate of drug-likeness (QED) is 0.861. The van der Waals surface area contributed by atoms with Crippen molar-refractivity contribution >= 4 is 17.3 Å². The van der Waals surface area contributed by atoms with Crippen molar-refractivity contribution in [2.75, 3.05) is 17.7 Å². The van der Waals surface area contributed by atoms with Crippen LogP contribution in [-0.2, 0) is 6.42 Å². The van der Waals surface area contributed by atoms with Crippen molar-refractivity contribution in [3.63, 3.8) is 0 Å². The number of rotatable bonds is 5. The number of aryl methyl sites for hydroxylation is 1. The number of anilines is 3. The van der Waals surface area contributed by atoms with Gasteiger partial charge in [0.1, 0.15) is 17.5 Å². The Kier molecular flexibility index (Phi) is 4.78. The number of nitrogens with zero attached hydrogens (tertiary/aromatic N) is 2. The molecule has 0 aliphatic rings. The van der Waals surface area contributed by atoms with Crippen LogP contribution in [0.2, 0.25) is 0 Å². The number of aromatic nitrogens is 2. The highest BCUT2D eigenvalue weighted by atomic mass is 15.1. The van der Waals surface area contributed by atoms with Gasteiger partial charge in [0, 0.05) is 24.7 Å². The minimum Gasteiger partial charge on any atom is -0.373 e. The van der Waals surface area contributed by atoms with E-state index in [9.17, 15) is 0 Å². The molecule has 2 aromatic rings. The predicted octanol–water partition coefficient (Wildman–Crippen LogP) is 4.26. The fourth-order valence-electron chi connectivity index (χ4n) is 2.20. The standard InChI is InChI=1S/C17H24N4/c1-6-15-20-16(18-5)12(4)17(21-15)19-14-9-7-8-13(10-14)11(2)3/h7-11H,6H2,1-5H3,(H2,18,19,20,21). The van der Waals surface area contributed by atoms with E-state index >= 15 is 0 Å². The van der Waals surface area contributed by atoms with Crippen molar-refractivity contribution in [3.05, 3.63) is 41.2 Å². The van der Waals surface area contributed by atoms with E-state index in [1.54, 1.807) is 0 Å². The zero-order chi connectivity index (χ0) is 15.4. The zero-order valence-corrected chi connectivity index (χ0v) is 13.5. The van der Waals surface area contributed by atoms with Gasteiger partial charge in [0.25, 0.3) is 0 Å². The molecular formula is C17H24N4. The second-order valence-corrected chi connectivity index (χ2v) is 5.47. The molecule has 1 heterocycles. The van der Waals surface area contributed by atoms with Crippen LogP contribution in [0.25, 0.3) is 0 Å². The average Bonchev–Trinajstić information content (AvgIpc) is 2.49. The molecule has 0 saturated heterocycles. The minimum absolute atomic E-state index is 0.511. The Morgan fingerprint density at radius 1 is 1.14 bits per heavy atom. The molecule has 21 heavy (non-hydrogen) atoms. The minimum atomic E-state index is 0.511. The van der Waals surface area contributed by atoms with E-state index in [2.05, 4.69) is 65.6 Å². The Labute approximate surface area is 127 Å². The molecule has 2 rings (SSSR count). The third-order valence-electron chi connectivity index (χ3n) is 3.56. The van der Waals surface area contributed by atoms with Crippen LogP contribution in [0, 0.1) is 6.92 Å². The molecule has 1 aromatic carbocycles. The zero-order valence-electron chi connectivity index (χ0n) is 13.5. The third-order valence-corrected chi connectivity index (χ3v) is 3.56. The molecule has 0 spiro atoms. The maximum atomic E-state index is 4.61. The molecule has 0 unspecified atom stereocenters. The fourth-order valence-corrected chi connectivity index (χ4v) is 2.20. The summed E-state index contributed by atoms with van der Waals surface area (Å²) in [5.41, 5.74) is 3.41. The fraction of sp³-hybridized carbons (Fsp3) is 0.412. The molecule has 0 atom stereocenters. The van der Waals surface area contributed by atoms with Crippen molar-refractivity contribution in [3.8, 4) is 0 Å². The van der Waals surface area contributed by atoms with E-state index in [0.717, 1.165) is 35.1 Å². The average molecular weight is 284 g/mol. The maximum absolute atomic E-state index is 4.61. The van der Waals surface area contributed by atoms with Crippen molar-refractivity contribution in [1.29, 1.82) is 0 Å². The highest BCUT2D eigenvalue weighted by Gasteiger charge is 2.10. The monoisotopic (exact) mass is 284 g/mol.